The largest absolute Gasteiger partial charge is 0.372 e. The number of nitrogens with one attached hydrogen (secondary N) is 2. The van der Waals surface area contributed by atoms with E-state index < -0.39 is 6.04 Å². The average molecular weight is 349 g/mol. The predicted octanol–water partition coefficient (Wildman–Crippen LogP) is 2.97. The van der Waals surface area contributed by atoms with Crippen LogP contribution in [0.1, 0.15) is 35.2 Å². The van der Waals surface area contributed by atoms with Gasteiger partial charge in [0.25, 0.3) is 5.91 Å². The van der Waals surface area contributed by atoms with E-state index in [1.54, 1.807) is 0 Å². The Morgan fingerprint density at radius 3 is 2.50 bits per heavy atom. The molecule has 26 heavy (non-hydrogen) atoms. The van der Waals surface area contributed by atoms with Crippen LogP contribution in [0.4, 0.5) is 11.4 Å². The lowest BCUT2D eigenvalue weighted by Gasteiger charge is -2.29. The highest BCUT2D eigenvalue weighted by Crippen LogP contribution is 2.27. The molecule has 1 atom stereocenters. The van der Waals surface area contributed by atoms with Crippen molar-refractivity contribution in [3.05, 3.63) is 59.7 Å². The van der Waals surface area contributed by atoms with E-state index in [1.807, 2.05) is 48.5 Å². The van der Waals surface area contributed by atoms with E-state index in [0.717, 1.165) is 24.3 Å². The molecule has 0 bridgehead atoms. The maximum Gasteiger partial charge on any atom is 0.254 e. The first kappa shape index (κ1) is 16.6. The third kappa shape index (κ3) is 3.43. The van der Waals surface area contributed by atoms with Gasteiger partial charge in [0, 0.05) is 25.2 Å². The highest BCUT2D eigenvalue weighted by Gasteiger charge is 2.28. The van der Waals surface area contributed by atoms with Gasteiger partial charge in [0.2, 0.25) is 5.91 Å². The summed E-state index contributed by atoms with van der Waals surface area (Å²) < 4.78 is 0. The summed E-state index contributed by atoms with van der Waals surface area (Å²) in [6.45, 7) is 2.03. The first-order valence-electron chi connectivity index (χ1n) is 9.25. The number of piperidine rings is 1. The molecule has 0 saturated carbocycles. The number of carbonyl (C=O) groups is 2. The van der Waals surface area contributed by atoms with Gasteiger partial charge in [-0.25, -0.2) is 0 Å². The second kappa shape index (κ2) is 7.20. The second-order valence-corrected chi connectivity index (χ2v) is 6.98. The van der Waals surface area contributed by atoms with Gasteiger partial charge >= 0.3 is 0 Å². The van der Waals surface area contributed by atoms with Crippen molar-refractivity contribution in [1.29, 1.82) is 0 Å². The summed E-state index contributed by atoms with van der Waals surface area (Å²) >= 11 is 0. The number of fused-ring (bicyclic) bond motifs is 1. The molecule has 1 unspecified atom stereocenters. The first-order valence-corrected chi connectivity index (χ1v) is 9.25. The third-order valence-corrected chi connectivity index (χ3v) is 5.13. The number of amides is 2. The molecule has 0 aromatic heterocycles. The number of nitrogens with zero attached hydrogens (tertiary/aromatic N) is 1. The molecule has 134 valence electrons. The van der Waals surface area contributed by atoms with Gasteiger partial charge in [0.15, 0.2) is 0 Å². The molecule has 1 saturated heterocycles. The molecule has 1 fully saturated rings. The predicted molar refractivity (Wildman–Crippen MR) is 103 cm³/mol. The normalized spacial score (nSPS) is 20.0. The van der Waals surface area contributed by atoms with Crippen LogP contribution in [-0.2, 0) is 11.2 Å². The maximum atomic E-state index is 12.8. The van der Waals surface area contributed by atoms with E-state index in [-0.39, 0.29) is 11.8 Å². The van der Waals surface area contributed by atoms with Crippen LogP contribution in [0.5, 0.6) is 0 Å². The lowest BCUT2D eigenvalue weighted by Crippen LogP contribution is -2.42. The molecule has 5 heteroatoms. The van der Waals surface area contributed by atoms with Gasteiger partial charge in [-0.1, -0.05) is 30.3 Å². The first-order chi connectivity index (χ1) is 12.7. The Hall–Kier alpha value is -2.82. The van der Waals surface area contributed by atoms with Gasteiger partial charge in [-0.05, 0) is 43.0 Å². The molecule has 2 aromatic carbocycles. The summed E-state index contributed by atoms with van der Waals surface area (Å²) in [6.07, 6.45) is 4.10. The highest BCUT2D eigenvalue weighted by atomic mass is 16.2. The fourth-order valence-electron chi connectivity index (χ4n) is 3.69. The third-order valence-electron chi connectivity index (χ3n) is 5.13. The van der Waals surface area contributed by atoms with Gasteiger partial charge in [-0.2, -0.15) is 0 Å². The molecule has 0 radical (unpaired) electrons. The Labute approximate surface area is 153 Å². The molecular formula is C21H23N3O2. The van der Waals surface area contributed by atoms with Gasteiger partial charge in [-0.3, -0.25) is 9.59 Å². The second-order valence-electron chi connectivity index (χ2n) is 6.98. The Kier molecular flexibility index (Phi) is 4.61. The number of anilines is 2. The van der Waals surface area contributed by atoms with E-state index in [2.05, 4.69) is 15.5 Å². The fraction of sp³-hybridized carbons (Fsp3) is 0.333. The number of benzene rings is 2. The Bertz CT molecular complexity index is 813. The van der Waals surface area contributed by atoms with Gasteiger partial charge in [-0.15, -0.1) is 0 Å². The molecule has 2 aromatic rings. The summed E-state index contributed by atoms with van der Waals surface area (Å²) in [5.41, 5.74) is 3.20. The minimum Gasteiger partial charge on any atom is -0.372 e. The zero-order valence-electron chi connectivity index (χ0n) is 14.7. The van der Waals surface area contributed by atoms with Crippen molar-refractivity contribution in [1.82, 2.24) is 5.32 Å². The SMILES string of the molecule is O=C1NC(Cc2ccccc2)C(=O)Nc2ccc(N3CCCCC3)cc21. The monoisotopic (exact) mass is 349 g/mol. The molecule has 4 rings (SSSR count). The van der Waals surface area contributed by atoms with E-state index in [4.69, 9.17) is 0 Å². The van der Waals surface area contributed by atoms with Crippen LogP contribution >= 0.6 is 0 Å². The molecule has 2 aliphatic heterocycles. The molecule has 2 N–H and O–H groups in total. The van der Waals surface area contributed by atoms with Crippen molar-refractivity contribution >= 4 is 23.2 Å². The standard InChI is InChI=1S/C21H23N3O2/c25-20-17-14-16(24-11-5-2-6-12-24)9-10-18(17)22-21(26)19(23-20)13-15-7-3-1-4-8-15/h1,3-4,7-10,14,19H,2,5-6,11-13H2,(H,22,26)(H,23,25). The van der Waals surface area contributed by atoms with Crippen LogP contribution in [0.15, 0.2) is 48.5 Å². The van der Waals surface area contributed by atoms with Crippen molar-refractivity contribution in [2.45, 2.75) is 31.7 Å². The van der Waals surface area contributed by atoms with Crippen molar-refractivity contribution in [2.24, 2.45) is 0 Å². The minimum absolute atomic E-state index is 0.174. The van der Waals surface area contributed by atoms with Crippen LogP contribution in [0.2, 0.25) is 0 Å². The van der Waals surface area contributed by atoms with Crippen molar-refractivity contribution in [2.75, 3.05) is 23.3 Å². The smallest absolute Gasteiger partial charge is 0.254 e. The van der Waals surface area contributed by atoms with Crippen LogP contribution in [0.3, 0.4) is 0 Å². The van der Waals surface area contributed by atoms with E-state index in [1.165, 1.54) is 19.3 Å². The highest BCUT2D eigenvalue weighted by molar-refractivity contribution is 6.10. The number of hydrogen-bond acceptors (Lipinski definition) is 3. The number of rotatable bonds is 3. The topological polar surface area (TPSA) is 61.4 Å². The van der Waals surface area contributed by atoms with Crippen LogP contribution in [-0.4, -0.2) is 30.9 Å². The molecule has 0 aliphatic carbocycles. The number of hydrogen-bond donors (Lipinski definition) is 2. The Balaban J connectivity index is 1.57. The minimum atomic E-state index is -0.573. The zero-order valence-corrected chi connectivity index (χ0v) is 14.7. The van der Waals surface area contributed by atoms with Crippen molar-refractivity contribution in [3.8, 4) is 0 Å². The Morgan fingerprint density at radius 1 is 0.962 bits per heavy atom. The maximum absolute atomic E-state index is 12.8. The molecule has 5 nitrogen and oxygen atoms in total. The van der Waals surface area contributed by atoms with Gasteiger partial charge in [0.05, 0.1) is 11.3 Å². The lowest BCUT2D eigenvalue weighted by molar-refractivity contribution is -0.117. The van der Waals surface area contributed by atoms with Crippen LogP contribution in [0, 0.1) is 0 Å². The van der Waals surface area contributed by atoms with E-state index in [9.17, 15) is 9.59 Å². The Morgan fingerprint density at radius 2 is 1.73 bits per heavy atom. The van der Waals surface area contributed by atoms with E-state index in [0.29, 0.717) is 17.7 Å². The van der Waals surface area contributed by atoms with Crippen LogP contribution in [0.25, 0.3) is 0 Å². The fourth-order valence-corrected chi connectivity index (χ4v) is 3.69. The lowest BCUT2D eigenvalue weighted by atomic mass is 10.1. The van der Waals surface area contributed by atoms with Gasteiger partial charge < -0.3 is 15.5 Å². The average Bonchev–Trinajstić information content (AvgIpc) is 2.79. The molecule has 2 aliphatic rings. The van der Waals surface area contributed by atoms with E-state index >= 15 is 0 Å². The van der Waals surface area contributed by atoms with Crippen molar-refractivity contribution in [3.63, 3.8) is 0 Å². The summed E-state index contributed by atoms with van der Waals surface area (Å²) in [5.74, 6) is -0.371. The summed E-state index contributed by atoms with van der Waals surface area (Å²) in [4.78, 5) is 27.7. The molecule has 2 heterocycles. The molecule has 0 spiro atoms. The van der Waals surface area contributed by atoms with Gasteiger partial charge in [0.1, 0.15) is 6.04 Å². The summed E-state index contributed by atoms with van der Waals surface area (Å²) in [7, 11) is 0. The summed E-state index contributed by atoms with van der Waals surface area (Å²) in [5, 5.41) is 5.81. The zero-order chi connectivity index (χ0) is 17.9. The molecular weight excluding hydrogens is 326 g/mol. The van der Waals surface area contributed by atoms with Crippen LogP contribution < -0.4 is 15.5 Å². The quantitative estimate of drug-likeness (QED) is 0.896. The summed E-state index contributed by atoms with van der Waals surface area (Å²) in [6, 6.07) is 14.9. The molecule has 2 amide bonds. The van der Waals surface area contributed by atoms with Crippen molar-refractivity contribution < 1.29 is 9.59 Å². The number of carbonyl (C=O) groups excluding carboxylic acids is 2.